The Bertz CT molecular complexity index is 2480. The van der Waals surface area contributed by atoms with Crippen molar-refractivity contribution in [1.29, 1.82) is 0 Å². The average molecular weight is 796 g/mol. The van der Waals surface area contributed by atoms with Crippen molar-refractivity contribution in [2.24, 2.45) is 0 Å². The number of aromatic amines is 1. The van der Waals surface area contributed by atoms with Crippen molar-refractivity contribution in [3.8, 4) is 45.4 Å². The molecule has 0 amide bonds. The first-order valence-corrected chi connectivity index (χ1v) is 20.7. The number of aromatic nitrogens is 1. The van der Waals surface area contributed by atoms with Crippen LogP contribution in [-0.4, -0.2) is 66.3 Å². The fourth-order valence-electron chi connectivity index (χ4n) is 8.59. The first-order valence-electron chi connectivity index (χ1n) is 20.7. The summed E-state index contributed by atoms with van der Waals surface area (Å²) in [7, 11) is 1.43. The lowest BCUT2D eigenvalue weighted by Gasteiger charge is -2.30. The maximum Gasteiger partial charge on any atom is 0.204 e. The van der Waals surface area contributed by atoms with Crippen molar-refractivity contribution >= 4 is 22.9 Å². The molecule has 2 aromatic heterocycles. The van der Waals surface area contributed by atoms with Gasteiger partial charge in [0.15, 0.2) is 16.9 Å². The molecular weight excluding hydrogens is 743 g/mol. The van der Waals surface area contributed by atoms with Crippen LogP contribution in [0.15, 0.2) is 106 Å². The van der Waals surface area contributed by atoms with Crippen LogP contribution in [-0.2, 0) is 18.3 Å². The number of piperazine rings is 1. The Kier molecular flexibility index (Phi) is 11.8. The van der Waals surface area contributed by atoms with Gasteiger partial charge in [0.05, 0.1) is 19.8 Å². The zero-order valence-electron chi connectivity index (χ0n) is 33.8. The van der Waals surface area contributed by atoms with E-state index in [9.17, 15) is 20.1 Å². The van der Waals surface area contributed by atoms with Gasteiger partial charge in [-0.15, -0.1) is 0 Å². The van der Waals surface area contributed by atoms with E-state index >= 15 is 0 Å². The molecule has 5 N–H and O–H groups in total. The lowest BCUT2D eigenvalue weighted by Crippen LogP contribution is -2.43. The van der Waals surface area contributed by atoms with E-state index in [0.29, 0.717) is 24.0 Å². The number of phenolic OH excluding ortho intramolecular Hbond substituents is 2. The molecule has 2 aliphatic rings. The summed E-state index contributed by atoms with van der Waals surface area (Å²) in [5.41, 5.74) is 6.58. The first-order chi connectivity index (χ1) is 28.7. The molecule has 59 heavy (non-hydrogen) atoms. The van der Waals surface area contributed by atoms with Crippen LogP contribution in [0.5, 0.6) is 23.0 Å². The fraction of sp³-hybridized carbons (Fsp3) is 0.327. The molecule has 0 spiro atoms. The third-order valence-electron chi connectivity index (χ3n) is 12.0. The summed E-state index contributed by atoms with van der Waals surface area (Å²) in [6.45, 7) is 6.16. The highest BCUT2D eigenvalue weighted by Crippen LogP contribution is 2.47. The van der Waals surface area contributed by atoms with E-state index in [1.54, 1.807) is 18.2 Å². The number of methoxy groups -OCH3 is 1. The molecule has 1 saturated carbocycles. The highest BCUT2D eigenvalue weighted by Gasteiger charge is 2.34. The summed E-state index contributed by atoms with van der Waals surface area (Å²) in [5, 5.41) is 36.2. The third kappa shape index (κ3) is 8.60. The second-order valence-corrected chi connectivity index (χ2v) is 16.0. The van der Waals surface area contributed by atoms with E-state index in [1.165, 1.54) is 68.1 Å². The van der Waals surface area contributed by atoms with E-state index in [2.05, 4.69) is 52.5 Å². The molecule has 2 fully saturated rings. The van der Waals surface area contributed by atoms with Gasteiger partial charge >= 0.3 is 0 Å². The Hall–Kier alpha value is -5.97. The monoisotopic (exact) mass is 795 g/mol. The lowest BCUT2D eigenvalue weighted by molar-refractivity contribution is 0.177. The molecule has 1 atom stereocenters. The van der Waals surface area contributed by atoms with Gasteiger partial charge in [-0.25, -0.2) is 0 Å². The van der Waals surface area contributed by atoms with Crippen LogP contribution in [0, 0.1) is 0 Å². The lowest BCUT2D eigenvalue weighted by atomic mass is 9.85. The minimum absolute atomic E-state index is 0.0289. The van der Waals surface area contributed by atoms with Gasteiger partial charge < -0.3 is 44.4 Å². The quantitative estimate of drug-likeness (QED) is 0.0732. The highest BCUT2D eigenvalue weighted by molar-refractivity contribution is 5.93. The van der Waals surface area contributed by atoms with Crippen LogP contribution < -0.4 is 25.1 Å². The van der Waals surface area contributed by atoms with Gasteiger partial charge in [0.1, 0.15) is 28.3 Å². The number of ether oxygens (including phenoxy) is 2. The maximum absolute atomic E-state index is 14.1. The fourth-order valence-corrected chi connectivity index (χ4v) is 8.59. The molecule has 1 aliphatic carbocycles. The molecule has 6 aromatic rings. The highest BCUT2D eigenvalue weighted by atomic mass is 16.5. The number of rotatable bonds is 14. The number of anilines is 1. The summed E-state index contributed by atoms with van der Waals surface area (Å²) in [6.07, 6.45) is 8.65. The minimum atomic E-state index is -0.815. The largest absolute Gasteiger partial charge is 0.508 e. The molecule has 1 unspecified atom stereocenters. The van der Waals surface area contributed by atoms with Crippen molar-refractivity contribution in [3.05, 3.63) is 130 Å². The number of aliphatic hydroxyl groups excluding tert-OH is 1. The topological polar surface area (TPSA) is 140 Å². The minimum Gasteiger partial charge on any atom is -0.508 e. The van der Waals surface area contributed by atoms with Gasteiger partial charge in [-0.05, 0) is 72.7 Å². The number of aliphatic hydroxyl groups is 1. The number of H-pyrrole nitrogens is 1. The second-order valence-electron chi connectivity index (χ2n) is 16.0. The Morgan fingerprint density at radius 2 is 1.66 bits per heavy atom. The number of benzene rings is 4. The molecule has 306 valence electrons. The van der Waals surface area contributed by atoms with E-state index in [-0.39, 0.29) is 63.6 Å². The van der Waals surface area contributed by atoms with Gasteiger partial charge in [0.25, 0.3) is 0 Å². The smallest absolute Gasteiger partial charge is 0.204 e. The number of fused-ring (bicyclic) bond motifs is 1. The summed E-state index contributed by atoms with van der Waals surface area (Å²) < 4.78 is 18.5. The predicted molar refractivity (Wildman–Crippen MR) is 234 cm³/mol. The molecule has 10 heteroatoms. The number of phenols is 2. The van der Waals surface area contributed by atoms with Gasteiger partial charge in [-0.2, -0.15) is 0 Å². The molecule has 0 bridgehead atoms. The molecule has 10 nitrogen and oxygen atoms in total. The Labute approximate surface area is 344 Å². The van der Waals surface area contributed by atoms with Crippen molar-refractivity contribution in [2.75, 3.05) is 44.8 Å². The molecule has 3 heterocycles. The SMILES string of the molecule is COc1c(O)c(CCc2cccc(-c3cc(C4(C)CCCC4)[nH]c3N3CCNCC3)c2)c2oc(-c3ccc(O)cc3)cc(=O)c2c1OCCC(O)C=Cc1ccccc1. The van der Waals surface area contributed by atoms with Crippen LogP contribution in [0.3, 0.4) is 0 Å². The zero-order chi connectivity index (χ0) is 40.9. The van der Waals surface area contributed by atoms with Crippen LogP contribution in [0.4, 0.5) is 5.82 Å². The number of hydrogen-bond donors (Lipinski definition) is 5. The van der Waals surface area contributed by atoms with E-state index in [4.69, 9.17) is 13.9 Å². The Morgan fingerprint density at radius 1 is 0.898 bits per heavy atom. The molecule has 4 aromatic carbocycles. The van der Waals surface area contributed by atoms with Crippen molar-refractivity contribution in [3.63, 3.8) is 0 Å². The maximum atomic E-state index is 14.1. The molecule has 1 aliphatic heterocycles. The summed E-state index contributed by atoms with van der Waals surface area (Å²) in [6, 6.07) is 28.4. The first kappa shape index (κ1) is 39.8. The van der Waals surface area contributed by atoms with Gasteiger partial charge in [-0.3, -0.25) is 4.79 Å². The average Bonchev–Trinajstić information content (AvgIpc) is 3.92. The number of nitrogens with zero attached hydrogens (tertiary/aromatic N) is 1. The molecule has 0 radical (unpaired) electrons. The van der Waals surface area contributed by atoms with E-state index in [0.717, 1.165) is 42.9 Å². The summed E-state index contributed by atoms with van der Waals surface area (Å²) in [4.78, 5) is 20.4. The summed E-state index contributed by atoms with van der Waals surface area (Å²) in [5.74, 6) is 1.43. The third-order valence-corrected chi connectivity index (χ3v) is 12.0. The second kappa shape index (κ2) is 17.5. The van der Waals surface area contributed by atoms with Crippen LogP contribution in [0.2, 0.25) is 0 Å². The molecule has 1 saturated heterocycles. The van der Waals surface area contributed by atoms with Gasteiger partial charge in [0, 0.05) is 66.5 Å². The van der Waals surface area contributed by atoms with E-state index < -0.39 is 6.10 Å². The van der Waals surface area contributed by atoms with Crippen molar-refractivity contribution in [1.82, 2.24) is 10.3 Å². The standard InChI is InChI=1S/C49H53N3O7/c1-49(22-6-7-23-49)42-30-39(48(51-42)52-26-24-50-25-27-52)35-12-8-11-33(29-35)14-20-38-44(56)47(57-2)46(58-28-21-37(54)17-13-32-9-4-3-5-10-32)43-40(55)31-41(59-45(38)43)34-15-18-36(53)19-16-34/h3-5,8-13,15-19,29-31,37,50-51,53-54,56H,6-7,14,20-28H2,1-2H3. The Morgan fingerprint density at radius 3 is 2.41 bits per heavy atom. The summed E-state index contributed by atoms with van der Waals surface area (Å²) >= 11 is 0. The predicted octanol–water partition coefficient (Wildman–Crippen LogP) is 8.74. The van der Waals surface area contributed by atoms with Gasteiger partial charge in [0.2, 0.25) is 5.75 Å². The number of aromatic hydroxyl groups is 2. The van der Waals surface area contributed by atoms with Crippen LogP contribution in [0.25, 0.3) is 39.5 Å². The van der Waals surface area contributed by atoms with E-state index in [1.807, 2.05) is 36.4 Å². The molecule has 8 rings (SSSR count). The van der Waals surface area contributed by atoms with Crippen molar-refractivity contribution < 1.29 is 29.2 Å². The van der Waals surface area contributed by atoms with Crippen LogP contribution >= 0.6 is 0 Å². The number of nitrogens with one attached hydrogen (secondary N) is 2. The zero-order valence-corrected chi connectivity index (χ0v) is 33.8. The normalized spacial score (nSPS) is 15.9. The van der Waals surface area contributed by atoms with Crippen molar-refractivity contribution in [2.45, 2.75) is 63.4 Å². The molecular formula is C49H53N3O7. The number of aryl methyl sites for hydroxylation is 2. The Balaban J connectivity index is 1.13. The van der Waals surface area contributed by atoms with Gasteiger partial charge in [-0.1, -0.05) is 86.5 Å². The number of hydrogen-bond acceptors (Lipinski definition) is 9. The van der Waals surface area contributed by atoms with Crippen LogP contribution in [0.1, 0.15) is 61.4 Å².